The molecule has 1 N–H and O–H groups in total. The lowest BCUT2D eigenvalue weighted by molar-refractivity contribution is -0.138. The molecule has 0 radical (unpaired) electrons. The zero-order chi connectivity index (χ0) is 13.8. The van der Waals surface area contributed by atoms with Gasteiger partial charge in [0.15, 0.2) is 0 Å². The number of aryl methyl sites for hydroxylation is 1. The van der Waals surface area contributed by atoms with Crippen LogP contribution in [0.25, 0.3) is 0 Å². The SMILES string of the molecule is CCn1cc(CC(C(=O)O)c2cccc(F)c2)cn1. The Morgan fingerprint density at radius 2 is 2.32 bits per heavy atom. The van der Waals surface area contributed by atoms with E-state index in [1.165, 1.54) is 18.2 Å². The Labute approximate surface area is 110 Å². The third-order valence-corrected chi connectivity index (χ3v) is 3.00. The first-order chi connectivity index (χ1) is 9.10. The summed E-state index contributed by atoms with van der Waals surface area (Å²) in [6.45, 7) is 2.69. The van der Waals surface area contributed by atoms with Crippen LogP contribution in [0.15, 0.2) is 36.7 Å². The van der Waals surface area contributed by atoms with E-state index < -0.39 is 17.7 Å². The zero-order valence-electron chi connectivity index (χ0n) is 10.6. The molecule has 1 aromatic carbocycles. The Morgan fingerprint density at radius 3 is 2.89 bits per heavy atom. The molecule has 5 heteroatoms. The van der Waals surface area contributed by atoms with E-state index in [0.29, 0.717) is 12.0 Å². The molecule has 0 saturated carbocycles. The van der Waals surface area contributed by atoms with Crippen LogP contribution in [0, 0.1) is 5.82 Å². The molecule has 1 unspecified atom stereocenters. The van der Waals surface area contributed by atoms with E-state index in [1.807, 2.05) is 13.1 Å². The van der Waals surface area contributed by atoms with Gasteiger partial charge in [0, 0.05) is 12.7 Å². The van der Waals surface area contributed by atoms with Crippen molar-refractivity contribution in [3.63, 3.8) is 0 Å². The molecule has 4 nitrogen and oxygen atoms in total. The summed E-state index contributed by atoms with van der Waals surface area (Å²) < 4.78 is 14.9. The largest absolute Gasteiger partial charge is 0.481 e. The number of halogens is 1. The average Bonchev–Trinajstić information content (AvgIpc) is 2.83. The van der Waals surface area contributed by atoms with Gasteiger partial charge in [-0.2, -0.15) is 5.10 Å². The fourth-order valence-electron chi connectivity index (χ4n) is 1.99. The fraction of sp³-hybridized carbons (Fsp3) is 0.286. The second-order valence-electron chi connectivity index (χ2n) is 4.35. The van der Waals surface area contributed by atoms with Crippen molar-refractivity contribution >= 4 is 5.97 Å². The summed E-state index contributed by atoms with van der Waals surface area (Å²) >= 11 is 0. The average molecular weight is 262 g/mol. The van der Waals surface area contributed by atoms with Gasteiger partial charge in [0.25, 0.3) is 0 Å². The lowest BCUT2D eigenvalue weighted by Crippen LogP contribution is -2.14. The van der Waals surface area contributed by atoms with Gasteiger partial charge in [0.2, 0.25) is 0 Å². The minimum Gasteiger partial charge on any atom is -0.481 e. The van der Waals surface area contributed by atoms with Gasteiger partial charge in [-0.15, -0.1) is 0 Å². The number of nitrogens with zero attached hydrogens (tertiary/aromatic N) is 2. The van der Waals surface area contributed by atoms with Gasteiger partial charge in [-0.3, -0.25) is 9.48 Å². The van der Waals surface area contributed by atoms with Crippen molar-refractivity contribution in [1.29, 1.82) is 0 Å². The molecule has 0 aliphatic carbocycles. The Hall–Kier alpha value is -2.17. The fourth-order valence-corrected chi connectivity index (χ4v) is 1.99. The highest BCUT2D eigenvalue weighted by molar-refractivity contribution is 5.76. The van der Waals surface area contributed by atoms with Gasteiger partial charge < -0.3 is 5.11 Å². The molecule has 1 aromatic heterocycles. The molecule has 0 aliphatic rings. The van der Waals surface area contributed by atoms with Crippen LogP contribution in [0.2, 0.25) is 0 Å². The van der Waals surface area contributed by atoms with Crippen LogP contribution < -0.4 is 0 Å². The summed E-state index contributed by atoms with van der Waals surface area (Å²) in [5.74, 6) is -2.15. The van der Waals surface area contributed by atoms with Crippen LogP contribution in [0.1, 0.15) is 24.0 Å². The molecule has 0 bridgehead atoms. The van der Waals surface area contributed by atoms with Crippen molar-refractivity contribution in [3.05, 3.63) is 53.6 Å². The summed E-state index contributed by atoms with van der Waals surface area (Å²) in [6.07, 6.45) is 3.77. The minimum absolute atomic E-state index is 0.304. The maximum absolute atomic E-state index is 13.2. The first kappa shape index (κ1) is 13.3. The highest BCUT2D eigenvalue weighted by atomic mass is 19.1. The van der Waals surface area contributed by atoms with E-state index in [-0.39, 0.29) is 0 Å². The molecule has 2 rings (SSSR count). The molecule has 0 fully saturated rings. The molecular weight excluding hydrogens is 247 g/mol. The molecule has 100 valence electrons. The Morgan fingerprint density at radius 1 is 1.53 bits per heavy atom. The van der Waals surface area contributed by atoms with E-state index >= 15 is 0 Å². The quantitative estimate of drug-likeness (QED) is 0.900. The van der Waals surface area contributed by atoms with E-state index in [9.17, 15) is 14.3 Å². The molecule has 0 amide bonds. The Balaban J connectivity index is 2.23. The topological polar surface area (TPSA) is 55.1 Å². The van der Waals surface area contributed by atoms with Gasteiger partial charge in [-0.05, 0) is 36.6 Å². The van der Waals surface area contributed by atoms with E-state index in [1.54, 1.807) is 16.9 Å². The predicted molar refractivity (Wildman–Crippen MR) is 68.4 cm³/mol. The molecule has 2 aromatic rings. The third-order valence-electron chi connectivity index (χ3n) is 3.00. The monoisotopic (exact) mass is 262 g/mol. The van der Waals surface area contributed by atoms with Crippen LogP contribution in [0.3, 0.4) is 0 Å². The molecule has 0 spiro atoms. The van der Waals surface area contributed by atoms with Crippen molar-refractivity contribution in [3.8, 4) is 0 Å². The molecular formula is C14H15FN2O2. The summed E-state index contributed by atoms with van der Waals surface area (Å²) in [5, 5.41) is 13.4. The van der Waals surface area contributed by atoms with Gasteiger partial charge in [0.1, 0.15) is 5.82 Å². The smallest absolute Gasteiger partial charge is 0.311 e. The summed E-state index contributed by atoms with van der Waals surface area (Å²) in [7, 11) is 0. The molecule has 1 atom stereocenters. The lowest BCUT2D eigenvalue weighted by Gasteiger charge is -2.11. The maximum Gasteiger partial charge on any atom is 0.311 e. The number of aromatic nitrogens is 2. The number of carbonyl (C=O) groups is 1. The Bertz CT molecular complexity index is 580. The highest BCUT2D eigenvalue weighted by Gasteiger charge is 2.21. The van der Waals surface area contributed by atoms with Crippen molar-refractivity contribution in [2.45, 2.75) is 25.8 Å². The van der Waals surface area contributed by atoms with Crippen molar-refractivity contribution in [2.75, 3.05) is 0 Å². The number of benzene rings is 1. The number of carboxylic acid groups (broad SMARTS) is 1. The van der Waals surface area contributed by atoms with Gasteiger partial charge in [0.05, 0.1) is 12.1 Å². The summed E-state index contributed by atoms with van der Waals surface area (Å²) in [6, 6.07) is 5.72. The zero-order valence-corrected chi connectivity index (χ0v) is 10.6. The number of aliphatic carboxylic acids is 1. The van der Waals surface area contributed by atoms with Crippen molar-refractivity contribution in [1.82, 2.24) is 9.78 Å². The van der Waals surface area contributed by atoms with Gasteiger partial charge in [-0.25, -0.2) is 4.39 Å². The molecule has 1 heterocycles. The van der Waals surface area contributed by atoms with Crippen molar-refractivity contribution in [2.24, 2.45) is 0 Å². The van der Waals surface area contributed by atoms with E-state index in [0.717, 1.165) is 12.1 Å². The van der Waals surface area contributed by atoms with Crippen LogP contribution in [0.5, 0.6) is 0 Å². The lowest BCUT2D eigenvalue weighted by atomic mass is 9.93. The van der Waals surface area contributed by atoms with Crippen LogP contribution >= 0.6 is 0 Å². The second-order valence-corrected chi connectivity index (χ2v) is 4.35. The minimum atomic E-state index is -0.963. The standard InChI is InChI=1S/C14H15FN2O2/c1-2-17-9-10(8-16-17)6-13(14(18)19)11-4-3-5-12(15)7-11/h3-5,7-9,13H,2,6H2,1H3,(H,18,19). The van der Waals surface area contributed by atoms with Crippen LogP contribution in [-0.4, -0.2) is 20.9 Å². The maximum atomic E-state index is 13.2. The number of hydrogen-bond donors (Lipinski definition) is 1. The molecule has 0 saturated heterocycles. The predicted octanol–water partition coefficient (Wildman–Crippen LogP) is 2.45. The highest BCUT2D eigenvalue weighted by Crippen LogP contribution is 2.22. The van der Waals surface area contributed by atoms with E-state index in [2.05, 4.69) is 5.10 Å². The molecule has 19 heavy (non-hydrogen) atoms. The van der Waals surface area contributed by atoms with Crippen molar-refractivity contribution < 1.29 is 14.3 Å². The Kier molecular flexibility index (Phi) is 3.94. The number of carboxylic acids is 1. The van der Waals surface area contributed by atoms with E-state index in [4.69, 9.17) is 0 Å². The molecule has 0 aliphatic heterocycles. The third kappa shape index (κ3) is 3.19. The first-order valence-corrected chi connectivity index (χ1v) is 6.09. The van der Waals surface area contributed by atoms with Crippen LogP contribution in [-0.2, 0) is 17.8 Å². The number of hydrogen-bond acceptors (Lipinski definition) is 2. The second kappa shape index (κ2) is 5.65. The summed E-state index contributed by atoms with van der Waals surface area (Å²) in [4.78, 5) is 11.3. The first-order valence-electron chi connectivity index (χ1n) is 6.09. The van der Waals surface area contributed by atoms with Crippen LogP contribution in [0.4, 0.5) is 4.39 Å². The van der Waals surface area contributed by atoms with Gasteiger partial charge in [-0.1, -0.05) is 12.1 Å². The number of rotatable bonds is 5. The normalized spacial score (nSPS) is 12.3. The summed E-state index contributed by atoms with van der Waals surface area (Å²) in [5.41, 5.74) is 1.30. The van der Waals surface area contributed by atoms with Gasteiger partial charge >= 0.3 is 5.97 Å².